The van der Waals surface area contributed by atoms with Gasteiger partial charge in [0, 0.05) is 44.8 Å². The predicted molar refractivity (Wildman–Crippen MR) is 99.3 cm³/mol. The van der Waals surface area contributed by atoms with Crippen molar-refractivity contribution in [2.24, 2.45) is 0 Å². The van der Waals surface area contributed by atoms with Crippen LogP contribution in [0, 0.1) is 20.8 Å². The first-order chi connectivity index (χ1) is 11.5. The molecular weight excluding hydrogens is 296 g/mol. The Morgan fingerprint density at radius 2 is 1.29 bits per heavy atom. The van der Waals surface area contributed by atoms with Gasteiger partial charge in [-0.1, -0.05) is 30.3 Å². The van der Waals surface area contributed by atoms with E-state index < -0.39 is 0 Å². The molecule has 1 aliphatic rings. The van der Waals surface area contributed by atoms with Crippen molar-refractivity contribution in [1.82, 2.24) is 9.80 Å². The first kappa shape index (κ1) is 17.0. The number of aryl methyl sites for hydroxylation is 3. The van der Waals surface area contributed by atoms with Gasteiger partial charge in [0.2, 0.25) is 0 Å². The Morgan fingerprint density at radius 1 is 0.750 bits per heavy atom. The van der Waals surface area contributed by atoms with E-state index in [0.717, 1.165) is 50.4 Å². The van der Waals surface area contributed by atoms with Crippen molar-refractivity contribution in [1.29, 1.82) is 0 Å². The van der Waals surface area contributed by atoms with Gasteiger partial charge in [-0.2, -0.15) is 0 Å². The lowest BCUT2D eigenvalue weighted by molar-refractivity contribution is 0.121. The van der Waals surface area contributed by atoms with Crippen molar-refractivity contribution in [3.05, 3.63) is 64.2 Å². The summed E-state index contributed by atoms with van der Waals surface area (Å²) in [5.41, 5.74) is 6.25. The summed E-state index contributed by atoms with van der Waals surface area (Å²) in [6.45, 7) is 12.5. The van der Waals surface area contributed by atoms with Gasteiger partial charge in [-0.05, 0) is 49.1 Å². The maximum Gasteiger partial charge on any atom is 0.120 e. The molecule has 1 heterocycles. The lowest BCUT2D eigenvalue weighted by atomic mass is 10.0. The normalized spacial score (nSPS) is 16.5. The zero-order valence-electron chi connectivity index (χ0n) is 15.0. The van der Waals surface area contributed by atoms with Crippen molar-refractivity contribution in [2.75, 3.05) is 26.2 Å². The Hall–Kier alpha value is -1.84. The molecule has 0 radical (unpaired) electrons. The number of hydrogen-bond acceptors (Lipinski definition) is 3. The van der Waals surface area contributed by atoms with E-state index in [4.69, 9.17) is 0 Å². The SMILES string of the molecule is Cc1cc(O)c(CN2CCN(Cc3ccccc3C)CC2)cc1C. The van der Waals surface area contributed by atoms with Crippen LogP contribution in [0.5, 0.6) is 5.75 Å². The van der Waals surface area contributed by atoms with Gasteiger partial charge in [0.1, 0.15) is 5.75 Å². The van der Waals surface area contributed by atoms with E-state index in [2.05, 4.69) is 54.0 Å². The van der Waals surface area contributed by atoms with Crippen LogP contribution in [0.2, 0.25) is 0 Å². The molecule has 3 nitrogen and oxygen atoms in total. The molecule has 0 bridgehead atoms. The van der Waals surface area contributed by atoms with E-state index in [1.165, 1.54) is 16.7 Å². The third-order valence-corrected chi connectivity index (χ3v) is 5.21. The molecule has 24 heavy (non-hydrogen) atoms. The van der Waals surface area contributed by atoms with E-state index in [9.17, 15) is 5.11 Å². The standard InChI is InChI=1S/C21H28N2O/c1-16-6-4-5-7-19(16)14-22-8-10-23(11-9-22)15-20-12-17(2)18(3)13-21(20)24/h4-7,12-13,24H,8-11,14-15H2,1-3H3. The second kappa shape index (κ2) is 7.37. The molecule has 0 saturated carbocycles. The van der Waals surface area contributed by atoms with Crippen LogP contribution in [0.15, 0.2) is 36.4 Å². The maximum absolute atomic E-state index is 10.2. The van der Waals surface area contributed by atoms with Crippen LogP contribution in [0.3, 0.4) is 0 Å². The molecule has 0 aromatic heterocycles. The second-order valence-corrected chi connectivity index (χ2v) is 7.04. The summed E-state index contributed by atoms with van der Waals surface area (Å²) < 4.78 is 0. The molecule has 0 atom stereocenters. The summed E-state index contributed by atoms with van der Waals surface area (Å²) in [6, 6.07) is 12.7. The van der Waals surface area contributed by atoms with Crippen molar-refractivity contribution >= 4 is 0 Å². The second-order valence-electron chi connectivity index (χ2n) is 7.04. The average molecular weight is 324 g/mol. The number of benzene rings is 2. The van der Waals surface area contributed by atoms with Crippen molar-refractivity contribution in [3.63, 3.8) is 0 Å². The Bertz CT molecular complexity index is 703. The fourth-order valence-corrected chi connectivity index (χ4v) is 3.36. The summed E-state index contributed by atoms with van der Waals surface area (Å²) in [6.07, 6.45) is 0. The molecule has 128 valence electrons. The van der Waals surface area contributed by atoms with Crippen LogP contribution in [-0.4, -0.2) is 41.1 Å². The average Bonchev–Trinajstić information content (AvgIpc) is 2.56. The molecule has 3 rings (SSSR count). The maximum atomic E-state index is 10.2. The first-order valence-corrected chi connectivity index (χ1v) is 8.81. The van der Waals surface area contributed by atoms with Crippen molar-refractivity contribution in [2.45, 2.75) is 33.9 Å². The Kier molecular flexibility index (Phi) is 5.22. The van der Waals surface area contributed by atoms with Crippen LogP contribution >= 0.6 is 0 Å². The first-order valence-electron chi connectivity index (χ1n) is 8.81. The van der Waals surface area contributed by atoms with Crippen LogP contribution in [0.4, 0.5) is 0 Å². The van der Waals surface area contributed by atoms with Gasteiger partial charge in [0.15, 0.2) is 0 Å². The molecule has 1 saturated heterocycles. The minimum absolute atomic E-state index is 0.431. The topological polar surface area (TPSA) is 26.7 Å². The van der Waals surface area contributed by atoms with Gasteiger partial charge in [-0.25, -0.2) is 0 Å². The van der Waals surface area contributed by atoms with Crippen molar-refractivity contribution in [3.8, 4) is 5.75 Å². The minimum atomic E-state index is 0.431. The molecule has 1 N–H and O–H groups in total. The summed E-state index contributed by atoms with van der Waals surface area (Å²) in [7, 11) is 0. The summed E-state index contributed by atoms with van der Waals surface area (Å²) in [4.78, 5) is 4.97. The summed E-state index contributed by atoms with van der Waals surface area (Å²) in [5, 5.41) is 10.2. The Morgan fingerprint density at radius 3 is 1.92 bits per heavy atom. The molecule has 1 aliphatic heterocycles. The molecule has 1 fully saturated rings. The number of piperazine rings is 1. The van der Waals surface area contributed by atoms with Crippen LogP contribution < -0.4 is 0 Å². The highest BCUT2D eigenvalue weighted by Crippen LogP contribution is 2.24. The van der Waals surface area contributed by atoms with Crippen LogP contribution in [-0.2, 0) is 13.1 Å². The van der Waals surface area contributed by atoms with E-state index >= 15 is 0 Å². The van der Waals surface area contributed by atoms with Gasteiger partial charge in [-0.3, -0.25) is 9.80 Å². The third kappa shape index (κ3) is 3.97. The van der Waals surface area contributed by atoms with E-state index in [0.29, 0.717) is 5.75 Å². The Balaban J connectivity index is 1.56. The number of hydrogen-bond donors (Lipinski definition) is 1. The van der Waals surface area contributed by atoms with Crippen LogP contribution in [0.25, 0.3) is 0 Å². The lowest BCUT2D eigenvalue weighted by Gasteiger charge is -2.35. The third-order valence-electron chi connectivity index (χ3n) is 5.21. The highest BCUT2D eigenvalue weighted by atomic mass is 16.3. The number of rotatable bonds is 4. The number of nitrogens with zero attached hydrogens (tertiary/aromatic N) is 2. The highest BCUT2D eigenvalue weighted by molar-refractivity contribution is 5.40. The fourth-order valence-electron chi connectivity index (χ4n) is 3.36. The van der Waals surface area contributed by atoms with Gasteiger partial charge in [0.25, 0.3) is 0 Å². The van der Waals surface area contributed by atoms with Gasteiger partial charge in [0.05, 0.1) is 0 Å². The smallest absolute Gasteiger partial charge is 0.120 e. The lowest BCUT2D eigenvalue weighted by Crippen LogP contribution is -2.45. The molecule has 3 heteroatoms. The summed E-state index contributed by atoms with van der Waals surface area (Å²) in [5.74, 6) is 0.431. The fraction of sp³-hybridized carbons (Fsp3) is 0.429. The minimum Gasteiger partial charge on any atom is -0.508 e. The monoisotopic (exact) mass is 324 g/mol. The highest BCUT2D eigenvalue weighted by Gasteiger charge is 2.18. The number of phenolic OH excluding ortho intramolecular Hbond substituents is 1. The molecule has 0 aliphatic carbocycles. The molecule has 0 amide bonds. The molecule has 0 unspecified atom stereocenters. The quantitative estimate of drug-likeness (QED) is 0.930. The molecule has 0 spiro atoms. The molecular formula is C21H28N2O. The van der Waals surface area contributed by atoms with Gasteiger partial charge < -0.3 is 5.11 Å². The number of phenols is 1. The van der Waals surface area contributed by atoms with Crippen molar-refractivity contribution < 1.29 is 5.11 Å². The van der Waals surface area contributed by atoms with E-state index in [1.54, 1.807) is 0 Å². The Labute approximate surface area is 145 Å². The van der Waals surface area contributed by atoms with Gasteiger partial charge in [-0.15, -0.1) is 0 Å². The van der Waals surface area contributed by atoms with E-state index in [1.807, 2.05) is 13.0 Å². The molecule has 2 aromatic carbocycles. The zero-order valence-corrected chi connectivity index (χ0v) is 15.0. The van der Waals surface area contributed by atoms with E-state index in [-0.39, 0.29) is 0 Å². The number of aromatic hydroxyl groups is 1. The molecule has 2 aromatic rings. The van der Waals surface area contributed by atoms with Crippen LogP contribution in [0.1, 0.15) is 27.8 Å². The summed E-state index contributed by atoms with van der Waals surface area (Å²) >= 11 is 0. The zero-order chi connectivity index (χ0) is 17.1. The van der Waals surface area contributed by atoms with Gasteiger partial charge >= 0.3 is 0 Å². The largest absolute Gasteiger partial charge is 0.508 e. The predicted octanol–water partition coefficient (Wildman–Crippen LogP) is 3.64.